The number of benzene rings is 1. The molecule has 0 saturated carbocycles. The highest BCUT2D eigenvalue weighted by molar-refractivity contribution is 5.66. The van der Waals surface area contributed by atoms with Gasteiger partial charge in [-0.05, 0) is 29.5 Å². The highest BCUT2D eigenvalue weighted by Crippen LogP contribution is 2.36. The summed E-state index contributed by atoms with van der Waals surface area (Å²) in [4.78, 5) is 2.14. The van der Waals surface area contributed by atoms with Gasteiger partial charge in [-0.1, -0.05) is 26.8 Å². The van der Waals surface area contributed by atoms with Gasteiger partial charge in [-0.25, -0.2) is 0 Å². The summed E-state index contributed by atoms with van der Waals surface area (Å²) in [5.41, 5.74) is 4.04. The predicted octanol–water partition coefficient (Wildman–Crippen LogP) is 3.45. The molecule has 1 rings (SSSR count). The number of ether oxygens (including phenoxy) is 1. The third kappa shape index (κ3) is 2.31. The van der Waals surface area contributed by atoms with E-state index in [9.17, 15) is 0 Å². The van der Waals surface area contributed by atoms with E-state index in [2.05, 4.69) is 51.9 Å². The lowest BCUT2D eigenvalue weighted by Crippen LogP contribution is -2.14. The topological polar surface area (TPSA) is 12.5 Å². The van der Waals surface area contributed by atoms with Gasteiger partial charge in [0.15, 0.2) is 0 Å². The van der Waals surface area contributed by atoms with Crippen LogP contribution < -0.4 is 9.64 Å². The van der Waals surface area contributed by atoms with Gasteiger partial charge in [-0.2, -0.15) is 0 Å². The van der Waals surface area contributed by atoms with Gasteiger partial charge in [0.25, 0.3) is 0 Å². The first-order valence-electron chi connectivity index (χ1n) is 5.90. The van der Waals surface area contributed by atoms with Crippen LogP contribution in [0.4, 0.5) is 5.69 Å². The maximum absolute atomic E-state index is 5.44. The summed E-state index contributed by atoms with van der Waals surface area (Å²) < 4.78 is 5.44. The van der Waals surface area contributed by atoms with Crippen molar-refractivity contribution in [3.63, 3.8) is 0 Å². The molecule has 0 aliphatic carbocycles. The molecule has 1 aromatic rings. The van der Waals surface area contributed by atoms with Crippen molar-refractivity contribution in [2.24, 2.45) is 0 Å². The number of hydrogen-bond acceptors (Lipinski definition) is 2. The quantitative estimate of drug-likeness (QED) is 0.772. The zero-order chi connectivity index (χ0) is 12.3. The van der Waals surface area contributed by atoms with E-state index in [-0.39, 0.29) is 0 Å². The van der Waals surface area contributed by atoms with E-state index in [1.54, 1.807) is 7.11 Å². The van der Waals surface area contributed by atoms with Gasteiger partial charge in [-0.3, -0.25) is 0 Å². The Morgan fingerprint density at radius 3 is 2.25 bits per heavy atom. The minimum atomic E-state index is 0.555. The molecule has 0 radical (unpaired) electrons. The van der Waals surface area contributed by atoms with E-state index in [1.807, 2.05) is 0 Å². The fourth-order valence-electron chi connectivity index (χ4n) is 2.20. The summed E-state index contributed by atoms with van der Waals surface area (Å²) in [5.74, 6) is 1.52. The molecule has 0 saturated heterocycles. The minimum absolute atomic E-state index is 0.555. The maximum Gasteiger partial charge on any atom is 0.142 e. The first-order valence-corrected chi connectivity index (χ1v) is 5.90. The Labute approximate surface area is 99.2 Å². The summed E-state index contributed by atoms with van der Waals surface area (Å²) in [6.45, 7) is 6.68. The molecule has 1 aromatic carbocycles. The highest BCUT2D eigenvalue weighted by Gasteiger charge is 2.15. The monoisotopic (exact) mass is 221 g/mol. The molecule has 0 atom stereocenters. The largest absolute Gasteiger partial charge is 0.495 e. The Bertz CT molecular complexity index is 356. The third-order valence-electron chi connectivity index (χ3n) is 2.92. The Morgan fingerprint density at radius 1 is 1.25 bits per heavy atom. The number of nitrogens with zero attached hydrogens (tertiary/aromatic N) is 1. The number of anilines is 1. The molecule has 0 heterocycles. The van der Waals surface area contributed by atoms with Crippen LogP contribution in [0.3, 0.4) is 0 Å². The van der Waals surface area contributed by atoms with Gasteiger partial charge >= 0.3 is 0 Å². The molecule has 0 amide bonds. The van der Waals surface area contributed by atoms with Crippen LogP contribution in [-0.4, -0.2) is 21.2 Å². The van der Waals surface area contributed by atoms with Crippen LogP contribution in [0.1, 0.15) is 37.8 Å². The molecule has 0 spiro atoms. The molecule has 0 aliphatic rings. The van der Waals surface area contributed by atoms with E-state index in [0.717, 1.165) is 12.2 Å². The van der Waals surface area contributed by atoms with Crippen molar-refractivity contribution in [1.82, 2.24) is 0 Å². The van der Waals surface area contributed by atoms with Crippen molar-refractivity contribution >= 4 is 5.69 Å². The Balaban J connectivity index is 3.43. The zero-order valence-electron chi connectivity index (χ0n) is 11.3. The second-order valence-electron chi connectivity index (χ2n) is 4.59. The second kappa shape index (κ2) is 5.24. The lowest BCUT2D eigenvalue weighted by Gasteiger charge is -2.24. The molecular formula is C14H23NO. The van der Waals surface area contributed by atoms with Gasteiger partial charge in [-0.15, -0.1) is 0 Å². The van der Waals surface area contributed by atoms with Crippen LogP contribution in [0.25, 0.3) is 0 Å². The van der Waals surface area contributed by atoms with Gasteiger partial charge < -0.3 is 9.64 Å². The van der Waals surface area contributed by atoms with Crippen LogP contribution in [0.5, 0.6) is 5.75 Å². The highest BCUT2D eigenvalue weighted by atomic mass is 16.5. The van der Waals surface area contributed by atoms with Gasteiger partial charge in [0.1, 0.15) is 5.75 Å². The Kier molecular flexibility index (Phi) is 4.22. The SMILES string of the molecule is CCc1c(C(C)C)ccc(OC)c1N(C)C. The number of methoxy groups -OCH3 is 1. The summed E-state index contributed by atoms with van der Waals surface area (Å²) in [6.07, 6.45) is 1.04. The summed E-state index contributed by atoms with van der Waals surface area (Å²) in [6, 6.07) is 4.26. The molecule has 0 aromatic heterocycles. The third-order valence-corrected chi connectivity index (χ3v) is 2.92. The number of rotatable bonds is 4. The molecule has 0 bridgehead atoms. The van der Waals surface area contributed by atoms with Crippen molar-refractivity contribution in [2.75, 3.05) is 26.1 Å². The van der Waals surface area contributed by atoms with Crippen molar-refractivity contribution < 1.29 is 4.74 Å². The predicted molar refractivity (Wildman–Crippen MR) is 70.8 cm³/mol. The Hall–Kier alpha value is -1.18. The van der Waals surface area contributed by atoms with Gasteiger partial charge in [0.2, 0.25) is 0 Å². The van der Waals surface area contributed by atoms with E-state index < -0.39 is 0 Å². The molecule has 0 aliphatic heterocycles. The van der Waals surface area contributed by atoms with Gasteiger partial charge in [0.05, 0.1) is 12.8 Å². The van der Waals surface area contributed by atoms with Crippen LogP contribution >= 0.6 is 0 Å². The molecule has 16 heavy (non-hydrogen) atoms. The van der Waals surface area contributed by atoms with Crippen LogP contribution in [0, 0.1) is 0 Å². The molecule has 2 nitrogen and oxygen atoms in total. The molecule has 90 valence electrons. The molecule has 2 heteroatoms. The van der Waals surface area contributed by atoms with E-state index in [1.165, 1.54) is 16.8 Å². The molecule has 0 N–H and O–H groups in total. The van der Waals surface area contributed by atoms with Crippen molar-refractivity contribution in [3.8, 4) is 5.75 Å². The van der Waals surface area contributed by atoms with Crippen molar-refractivity contribution in [3.05, 3.63) is 23.3 Å². The second-order valence-corrected chi connectivity index (χ2v) is 4.59. The van der Waals surface area contributed by atoms with Gasteiger partial charge in [0, 0.05) is 14.1 Å². The van der Waals surface area contributed by atoms with Crippen molar-refractivity contribution in [1.29, 1.82) is 0 Å². The number of hydrogen-bond donors (Lipinski definition) is 0. The lowest BCUT2D eigenvalue weighted by atomic mass is 9.93. The van der Waals surface area contributed by atoms with E-state index >= 15 is 0 Å². The summed E-state index contributed by atoms with van der Waals surface area (Å²) in [7, 11) is 5.87. The smallest absolute Gasteiger partial charge is 0.142 e. The first kappa shape index (κ1) is 12.9. The fraction of sp³-hybridized carbons (Fsp3) is 0.571. The molecule has 0 fully saturated rings. The average Bonchev–Trinajstić information content (AvgIpc) is 2.26. The van der Waals surface area contributed by atoms with Crippen LogP contribution in [-0.2, 0) is 6.42 Å². The lowest BCUT2D eigenvalue weighted by molar-refractivity contribution is 0.414. The average molecular weight is 221 g/mol. The van der Waals surface area contributed by atoms with Crippen molar-refractivity contribution in [2.45, 2.75) is 33.1 Å². The fourth-order valence-corrected chi connectivity index (χ4v) is 2.20. The normalized spacial score (nSPS) is 10.7. The van der Waals surface area contributed by atoms with Crippen LogP contribution in [0.15, 0.2) is 12.1 Å². The Morgan fingerprint density at radius 2 is 1.88 bits per heavy atom. The zero-order valence-corrected chi connectivity index (χ0v) is 11.3. The van der Waals surface area contributed by atoms with E-state index in [4.69, 9.17) is 4.74 Å². The first-order chi connectivity index (χ1) is 7.52. The standard InChI is InChI=1S/C14H23NO/c1-7-11-12(10(2)3)8-9-13(16-6)14(11)15(4)5/h8-10H,7H2,1-6H3. The minimum Gasteiger partial charge on any atom is -0.495 e. The maximum atomic E-state index is 5.44. The molecular weight excluding hydrogens is 198 g/mol. The summed E-state index contributed by atoms with van der Waals surface area (Å²) >= 11 is 0. The van der Waals surface area contributed by atoms with E-state index in [0.29, 0.717) is 5.92 Å². The summed E-state index contributed by atoms with van der Waals surface area (Å²) in [5, 5.41) is 0. The van der Waals surface area contributed by atoms with Crippen LogP contribution in [0.2, 0.25) is 0 Å². The molecule has 0 unspecified atom stereocenters.